The third-order valence-electron chi connectivity index (χ3n) is 3.79. The van der Waals surface area contributed by atoms with Gasteiger partial charge in [0.05, 0.1) is 12.0 Å². The SMILES string of the molecule is Cc1ccc(CC2=COC(NCCSCc3nccs3)C(=N)C2)cn1. The molecule has 1 aliphatic rings. The zero-order chi connectivity index (χ0) is 17.5. The van der Waals surface area contributed by atoms with Crippen LogP contribution in [0.3, 0.4) is 0 Å². The lowest BCUT2D eigenvalue weighted by molar-refractivity contribution is 0.161. The molecule has 1 atom stereocenters. The summed E-state index contributed by atoms with van der Waals surface area (Å²) in [6, 6.07) is 4.09. The largest absolute Gasteiger partial charge is 0.477 e. The van der Waals surface area contributed by atoms with E-state index in [1.807, 2.05) is 42.5 Å². The summed E-state index contributed by atoms with van der Waals surface area (Å²) >= 11 is 3.53. The van der Waals surface area contributed by atoms with E-state index in [1.165, 1.54) is 0 Å². The third kappa shape index (κ3) is 5.66. The lowest BCUT2D eigenvalue weighted by atomic mass is 10.00. The molecule has 0 saturated heterocycles. The minimum atomic E-state index is -0.305. The number of hydrogen-bond acceptors (Lipinski definition) is 7. The van der Waals surface area contributed by atoms with E-state index in [2.05, 4.69) is 21.4 Å². The standard InChI is InChI=1S/C18H22N4OS2/c1-13-2-3-14(10-22-13)8-15-9-16(19)18(23-11-15)21-4-6-24-12-17-20-5-7-25-17/h2-3,5,7,10-11,18-19,21H,4,6,8-9,12H2,1H3. The number of hydrogen-bond donors (Lipinski definition) is 2. The molecule has 0 aromatic carbocycles. The highest BCUT2D eigenvalue weighted by atomic mass is 32.2. The Morgan fingerprint density at radius 1 is 1.40 bits per heavy atom. The van der Waals surface area contributed by atoms with Crippen LogP contribution in [0.5, 0.6) is 0 Å². The fourth-order valence-electron chi connectivity index (χ4n) is 2.51. The fourth-order valence-corrected chi connectivity index (χ4v) is 4.09. The van der Waals surface area contributed by atoms with Crippen LogP contribution in [0.15, 0.2) is 41.7 Å². The zero-order valence-corrected chi connectivity index (χ0v) is 15.8. The molecule has 0 fully saturated rings. The monoisotopic (exact) mass is 374 g/mol. The molecule has 0 aliphatic carbocycles. The van der Waals surface area contributed by atoms with Crippen LogP contribution in [0.1, 0.15) is 22.7 Å². The summed E-state index contributed by atoms with van der Waals surface area (Å²) in [5.41, 5.74) is 3.87. The van der Waals surface area contributed by atoms with E-state index in [9.17, 15) is 0 Å². The molecule has 0 amide bonds. The lowest BCUT2D eigenvalue weighted by Gasteiger charge is -2.25. The molecule has 2 aromatic rings. The van der Waals surface area contributed by atoms with Crippen molar-refractivity contribution >= 4 is 28.8 Å². The first kappa shape index (κ1) is 18.1. The predicted molar refractivity (Wildman–Crippen MR) is 104 cm³/mol. The van der Waals surface area contributed by atoms with Crippen LogP contribution in [0.4, 0.5) is 0 Å². The van der Waals surface area contributed by atoms with Crippen LogP contribution in [0.2, 0.25) is 0 Å². The quantitative estimate of drug-likeness (QED) is 0.691. The molecule has 0 saturated carbocycles. The van der Waals surface area contributed by atoms with Gasteiger partial charge in [0.2, 0.25) is 0 Å². The van der Waals surface area contributed by atoms with E-state index in [0.717, 1.165) is 46.3 Å². The molecule has 2 N–H and O–H groups in total. The summed E-state index contributed by atoms with van der Waals surface area (Å²) in [7, 11) is 0. The Kier molecular flexibility index (Phi) is 6.61. The number of pyridine rings is 1. The maximum Gasteiger partial charge on any atom is 0.188 e. The molecule has 3 rings (SSSR count). The van der Waals surface area contributed by atoms with Crippen molar-refractivity contribution in [2.24, 2.45) is 0 Å². The van der Waals surface area contributed by atoms with Gasteiger partial charge in [-0.05, 0) is 30.5 Å². The Hall–Kier alpha value is -1.70. The van der Waals surface area contributed by atoms with Crippen LogP contribution in [0.25, 0.3) is 0 Å². The summed E-state index contributed by atoms with van der Waals surface area (Å²) in [6.45, 7) is 2.79. The van der Waals surface area contributed by atoms with E-state index in [-0.39, 0.29) is 6.23 Å². The van der Waals surface area contributed by atoms with Gasteiger partial charge in [0.15, 0.2) is 6.23 Å². The molecule has 0 bridgehead atoms. The third-order valence-corrected chi connectivity index (χ3v) is 5.73. The maximum absolute atomic E-state index is 8.21. The van der Waals surface area contributed by atoms with Crippen molar-refractivity contribution in [3.8, 4) is 0 Å². The average Bonchev–Trinajstić information content (AvgIpc) is 3.12. The van der Waals surface area contributed by atoms with Crippen LogP contribution in [0, 0.1) is 12.3 Å². The first-order valence-electron chi connectivity index (χ1n) is 8.22. The minimum absolute atomic E-state index is 0.305. The van der Waals surface area contributed by atoms with Gasteiger partial charge >= 0.3 is 0 Å². The zero-order valence-electron chi connectivity index (χ0n) is 14.2. The Bertz CT molecular complexity index is 713. The molecular formula is C18H22N4OS2. The van der Waals surface area contributed by atoms with Crippen molar-refractivity contribution in [2.75, 3.05) is 12.3 Å². The van der Waals surface area contributed by atoms with Crippen molar-refractivity contribution in [3.63, 3.8) is 0 Å². The van der Waals surface area contributed by atoms with Gasteiger partial charge in [0, 0.05) is 47.9 Å². The molecule has 0 radical (unpaired) electrons. The van der Waals surface area contributed by atoms with Crippen LogP contribution < -0.4 is 5.32 Å². The van der Waals surface area contributed by atoms with Gasteiger partial charge in [0.25, 0.3) is 0 Å². The molecule has 1 aliphatic heterocycles. The van der Waals surface area contributed by atoms with E-state index in [4.69, 9.17) is 10.1 Å². The number of aryl methyl sites for hydroxylation is 1. The second-order valence-electron chi connectivity index (χ2n) is 5.91. The minimum Gasteiger partial charge on any atom is -0.477 e. The lowest BCUT2D eigenvalue weighted by Crippen LogP contribution is -2.41. The maximum atomic E-state index is 8.21. The number of allylic oxidation sites excluding steroid dienone is 1. The number of ether oxygens (including phenoxy) is 1. The van der Waals surface area contributed by atoms with Crippen molar-refractivity contribution in [1.29, 1.82) is 5.41 Å². The highest BCUT2D eigenvalue weighted by Crippen LogP contribution is 2.18. The van der Waals surface area contributed by atoms with Crippen molar-refractivity contribution in [2.45, 2.75) is 31.7 Å². The molecule has 2 aromatic heterocycles. The molecule has 132 valence electrons. The Morgan fingerprint density at radius 2 is 2.32 bits per heavy atom. The second-order valence-corrected chi connectivity index (χ2v) is 8.00. The summed E-state index contributed by atoms with van der Waals surface area (Å²) < 4.78 is 5.71. The summed E-state index contributed by atoms with van der Waals surface area (Å²) in [6.07, 6.45) is 6.67. The smallest absolute Gasteiger partial charge is 0.188 e. The molecule has 1 unspecified atom stereocenters. The van der Waals surface area contributed by atoms with E-state index in [0.29, 0.717) is 12.1 Å². The average molecular weight is 375 g/mol. The topological polar surface area (TPSA) is 70.9 Å². The first-order valence-corrected chi connectivity index (χ1v) is 10.3. The molecule has 5 nitrogen and oxygen atoms in total. The summed E-state index contributed by atoms with van der Waals surface area (Å²) in [5, 5.41) is 14.7. The van der Waals surface area contributed by atoms with E-state index in [1.54, 1.807) is 17.6 Å². The Morgan fingerprint density at radius 3 is 3.04 bits per heavy atom. The normalized spacial score (nSPS) is 17.2. The highest BCUT2D eigenvalue weighted by Gasteiger charge is 2.20. The number of thiazole rings is 1. The molecule has 0 spiro atoms. The first-order chi connectivity index (χ1) is 12.2. The van der Waals surface area contributed by atoms with Crippen molar-refractivity contribution < 1.29 is 4.74 Å². The van der Waals surface area contributed by atoms with Crippen molar-refractivity contribution in [3.05, 3.63) is 58.0 Å². The van der Waals surface area contributed by atoms with Crippen LogP contribution >= 0.6 is 23.1 Å². The number of aromatic nitrogens is 2. The number of nitrogens with zero attached hydrogens (tertiary/aromatic N) is 2. The predicted octanol–water partition coefficient (Wildman–Crippen LogP) is 3.56. The molecular weight excluding hydrogens is 352 g/mol. The number of rotatable bonds is 8. The fraction of sp³-hybridized carbons (Fsp3) is 0.389. The Labute approximate surface area is 156 Å². The number of nitrogens with one attached hydrogen (secondary N) is 2. The van der Waals surface area contributed by atoms with Crippen LogP contribution in [-0.4, -0.2) is 34.2 Å². The summed E-state index contributed by atoms with van der Waals surface area (Å²) in [4.78, 5) is 8.58. The molecule has 3 heterocycles. The van der Waals surface area contributed by atoms with Gasteiger partial charge in [-0.1, -0.05) is 6.07 Å². The van der Waals surface area contributed by atoms with Gasteiger partial charge in [0.1, 0.15) is 5.01 Å². The van der Waals surface area contributed by atoms with E-state index < -0.39 is 0 Å². The van der Waals surface area contributed by atoms with Crippen LogP contribution in [-0.2, 0) is 16.9 Å². The second kappa shape index (κ2) is 9.12. The van der Waals surface area contributed by atoms with Gasteiger partial charge in [-0.2, -0.15) is 11.8 Å². The summed E-state index contributed by atoms with van der Waals surface area (Å²) in [5.74, 6) is 1.91. The number of thioether (sulfide) groups is 1. The Balaban J connectivity index is 1.39. The van der Waals surface area contributed by atoms with Gasteiger partial charge in [-0.3, -0.25) is 10.3 Å². The van der Waals surface area contributed by atoms with Gasteiger partial charge < -0.3 is 10.1 Å². The highest BCUT2D eigenvalue weighted by molar-refractivity contribution is 7.98. The van der Waals surface area contributed by atoms with Crippen molar-refractivity contribution in [1.82, 2.24) is 15.3 Å². The molecule has 25 heavy (non-hydrogen) atoms. The molecule has 7 heteroatoms. The van der Waals surface area contributed by atoms with Gasteiger partial charge in [-0.25, -0.2) is 4.98 Å². The van der Waals surface area contributed by atoms with E-state index >= 15 is 0 Å². The van der Waals surface area contributed by atoms with Gasteiger partial charge in [-0.15, -0.1) is 11.3 Å².